The van der Waals surface area contributed by atoms with E-state index in [9.17, 15) is 10.1 Å². The van der Waals surface area contributed by atoms with E-state index in [-0.39, 0.29) is 5.88 Å². The predicted octanol–water partition coefficient (Wildman–Crippen LogP) is 3.71. The zero-order valence-corrected chi connectivity index (χ0v) is 11.4. The molecule has 0 spiro atoms. The fraction of sp³-hybridized carbons (Fsp3) is 0.111. The molecule has 0 bridgehead atoms. The second kappa shape index (κ2) is 4.77. The minimum atomic E-state index is -0.604. The van der Waals surface area contributed by atoms with Crippen LogP contribution >= 0.6 is 38.9 Å². The number of furan rings is 1. The van der Waals surface area contributed by atoms with Crippen molar-refractivity contribution in [1.29, 1.82) is 0 Å². The van der Waals surface area contributed by atoms with E-state index < -0.39 is 11.0 Å². The zero-order valence-electron chi connectivity index (χ0n) is 8.22. The molecule has 0 saturated heterocycles. The fourth-order valence-corrected chi connectivity index (χ4v) is 3.01. The van der Waals surface area contributed by atoms with Gasteiger partial charge in [-0.15, -0.1) is 11.3 Å². The zero-order chi connectivity index (χ0) is 12.6. The highest BCUT2D eigenvalue weighted by Crippen LogP contribution is 2.37. The number of halogens is 2. The van der Waals surface area contributed by atoms with Crippen molar-refractivity contribution in [2.75, 3.05) is 0 Å². The summed E-state index contributed by atoms with van der Waals surface area (Å²) >= 11 is 10.5. The third kappa shape index (κ3) is 2.52. The molecule has 0 fully saturated rings. The van der Waals surface area contributed by atoms with Crippen molar-refractivity contribution in [2.45, 2.75) is 6.04 Å². The Morgan fingerprint density at radius 1 is 1.59 bits per heavy atom. The van der Waals surface area contributed by atoms with E-state index in [0.717, 1.165) is 9.35 Å². The summed E-state index contributed by atoms with van der Waals surface area (Å²) in [7, 11) is 0. The molecule has 1 unspecified atom stereocenters. The van der Waals surface area contributed by atoms with Gasteiger partial charge in [0.25, 0.3) is 0 Å². The second-order valence-corrected chi connectivity index (χ2v) is 5.72. The van der Waals surface area contributed by atoms with Gasteiger partial charge in [0.2, 0.25) is 0 Å². The number of hydrogen-bond acceptors (Lipinski definition) is 5. The first-order chi connectivity index (χ1) is 7.99. The summed E-state index contributed by atoms with van der Waals surface area (Å²) in [6.07, 6.45) is 0. The maximum absolute atomic E-state index is 10.5. The molecule has 0 amide bonds. The molecule has 0 radical (unpaired) electrons. The van der Waals surface area contributed by atoms with Gasteiger partial charge in [0, 0.05) is 9.35 Å². The lowest BCUT2D eigenvalue weighted by Crippen LogP contribution is -2.08. The third-order valence-electron chi connectivity index (χ3n) is 2.07. The lowest BCUT2D eigenvalue weighted by molar-refractivity contribution is -0.402. The highest BCUT2D eigenvalue weighted by Gasteiger charge is 2.20. The van der Waals surface area contributed by atoms with E-state index in [0.29, 0.717) is 10.1 Å². The van der Waals surface area contributed by atoms with Crippen molar-refractivity contribution in [3.63, 3.8) is 0 Å². The van der Waals surface area contributed by atoms with Crippen molar-refractivity contribution in [3.8, 4) is 0 Å². The molecule has 0 aromatic carbocycles. The van der Waals surface area contributed by atoms with E-state index in [1.807, 2.05) is 0 Å². The third-order valence-corrected chi connectivity index (χ3v) is 4.63. The van der Waals surface area contributed by atoms with Crippen LogP contribution in [0.1, 0.15) is 16.7 Å². The monoisotopic (exact) mass is 336 g/mol. The first-order valence-electron chi connectivity index (χ1n) is 4.43. The summed E-state index contributed by atoms with van der Waals surface area (Å²) in [6.45, 7) is 0. The van der Waals surface area contributed by atoms with Crippen LogP contribution in [0.2, 0.25) is 4.34 Å². The van der Waals surface area contributed by atoms with Gasteiger partial charge in [0.15, 0.2) is 0 Å². The topological polar surface area (TPSA) is 82.3 Å². The van der Waals surface area contributed by atoms with Crippen molar-refractivity contribution in [3.05, 3.63) is 47.8 Å². The molecule has 2 heterocycles. The minimum absolute atomic E-state index is 0.322. The summed E-state index contributed by atoms with van der Waals surface area (Å²) in [4.78, 5) is 10.6. The minimum Gasteiger partial charge on any atom is -0.404 e. The van der Waals surface area contributed by atoms with Crippen molar-refractivity contribution in [2.24, 2.45) is 5.73 Å². The first-order valence-corrected chi connectivity index (χ1v) is 6.42. The predicted molar refractivity (Wildman–Crippen MR) is 68.4 cm³/mol. The second-order valence-electron chi connectivity index (χ2n) is 3.18. The molecule has 2 aromatic rings. The van der Waals surface area contributed by atoms with Crippen molar-refractivity contribution in [1.82, 2.24) is 0 Å². The molecule has 5 nitrogen and oxygen atoms in total. The van der Waals surface area contributed by atoms with Gasteiger partial charge in [-0.1, -0.05) is 11.6 Å². The molecule has 0 aliphatic heterocycles. The standard InChI is InChI=1S/C9H6BrClN2O3S/c10-4-3-6(17-9(4)11)8(12)5-1-2-7(16-5)13(14)15/h1-3,8H,12H2. The van der Waals surface area contributed by atoms with Crippen LogP contribution in [-0.2, 0) is 0 Å². The maximum atomic E-state index is 10.5. The Kier molecular flexibility index (Phi) is 3.53. The van der Waals surface area contributed by atoms with E-state index >= 15 is 0 Å². The number of nitro groups is 1. The smallest absolute Gasteiger partial charge is 0.404 e. The summed E-state index contributed by atoms with van der Waals surface area (Å²) in [5.41, 5.74) is 5.93. The molecule has 2 N–H and O–H groups in total. The molecule has 0 saturated carbocycles. The molecule has 2 rings (SSSR count). The van der Waals surface area contributed by atoms with Crippen molar-refractivity contribution >= 4 is 44.8 Å². The Balaban J connectivity index is 2.30. The molecule has 1 atom stereocenters. The summed E-state index contributed by atoms with van der Waals surface area (Å²) in [5.74, 6) is 0.0132. The molecular formula is C9H6BrClN2O3S. The van der Waals surface area contributed by atoms with Gasteiger partial charge in [-0.25, -0.2) is 0 Å². The highest BCUT2D eigenvalue weighted by molar-refractivity contribution is 9.10. The Bertz CT molecular complexity index is 549. The Morgan fingerprint density at radius 3 is 2.76 bits per heavy atom. The van der Waals surface area contributed by atoms with Crippen LogP contribution in [0.15, 0.2) is 27.1 Å². The normalized spacial score (nSPS) is 12.6. The van der Waals surface area contributed by atoms with Crippen LogP contribution in [0.4, 0.5) is 5.88 Å². The SMILES string of the molecule is NC(c1ccc([N+](=O)[O-])o1)c1cc(Br)c(Cl)s1. The lowest BCUT2D eigenvalue weighted by Gasteiger charge is -2.04. The summed E-state index contributed by atoms with van der Waals surface area (Å²) in [5, 5.41) is 10.5. The molecular weight excluding hydrogens is 332 g/mol. The van der Waals surface area contributed by atoms with Gasteiger partial charge in [-0.2, -0.15) is 0 Å². The van der Waals surface area contributed by atoms with Gasteiger partial charge >= 0.3 is 5.88 Å². The van der Waals surface area contributed by atoms with Crippen LogP contribution in [0.5, 0.6) is 0 Å². The van der Waals surface area contributed by atoms with E-state index in [2.05, 4.69) is 15.9 Å². The van der Waals surface area contributed by atoms with Crippen LogP contribution < -0.4 is 5.73 Å². The number of nitrogens with two attached hydrogens (primary N) is 1. The molecule has 0 aliphatic rings. The highest BCUT2D eigenvalue weighted by atomic mass is 79.9. The van der Waals surface area contributed by atoms with E-state index in [1.165, 1.54) is 23.5 Å². The van der Waals surface area contributed by atoms with Gasteiger partial charge in [-0.05, 0) is 28.1 Å². The lowest BCUT2D eigenvalue weighted by atomic mass is 10.2. The fourth-order valence-electron chi connectivity index (χ4n) is 1.26. The van der Waals surface area contributed by atoms with Gasteiger partial charge in [0.1, 0.15) is 15.0 Å². The average molecular weight is 338 g/mol. The maximum Gasteiger partial charge on any atom is 0.433 e. The van der Waals surface area contributed by atoms with Crippen molar-refractivity contribution < 1.29 is 9.34 Å². The molecule has 90 valence electrons. The van der Waals surface area contributed by atoms with Gasteiger partial charge in [0.05, 0.1) is 12.1 Å². The molecule has 17 heavy (non-hydrogen) atoms. The van der Waals surface area contributed by atoms with Gasteiger partial charge < -0.3 is 10.2 Å². The van der Waals surface area contributed by atoms with Gasteiger partial charge in [-0.3, -0.25) is 10.1 Å². The molecule has 2 aromatic heterocycles. The Morgan fingerprint density at radius 2 is 2.29 bits per heavy atom. The largest absolute Gasteiger partial charge is 0.433 e. The molecule has 0 aliphatic carbocycles. The summed E-state index contributed by atoms with van der Waals surface area (Å²) in [6, 6.07) is 3.98. The molecule has 8 heteroatoms. The summed E-state index contributed by atoms with van der Waals surface area (Å²) < 4.78 is 6.36. The number of thiophene rings is 1. The first kappa shape index (κ1) is 12.6. The van der Waals surface area contributed by atoms with Crippen LogP contribution in [-0.4, -0.2) is 4.92 Å². The van der Waals surface area contributed by atoms with E-state index in [4.69, 9.17) is 21.8 Å². The number of nitrogens with zero attached hydrogens (tertiary/aromatic N) is 1. The van der Waals surface area contributed by atoms with E-state index in [1.54, 1.807) is 6.07 Å². The number of hydrogen-bond donors (Lipinski definition) is 1. The van der Waals surface area contributed by atoms with Crippen LogP contribution in [0.3, 0.4) is 0 Å². The van der Waals surface area contributed by atoms with Crippen LogP contribution in [0, 0.1) is 10.1 Å². The average Bonchev–Trinajstić information content (AvgIpc) is 2.86. The van der Waals surface area contributed by atoms with Crippen LogP contribution in [0.25, 0.3) is 0 Å². The Hall–Kier alpha value is -0.890. The quantitative estimate of drug-likeness (QED) is 0.683. The Labute approximate surface area is 113 Å². The number of rotatable bonds is 3.